The lowest BCUT2D eigenvalue weighted by molar-refractivity contribution is 0.202. The summed E-state index contributed by atoms with van der Waals surface area (Å²) < 4.78 is 5.03. The summed E-state index contributed by atoms with van der Waals surface area (Å²) in [4.78, 5) is 0. The zero-order valence-corrected chi connectivity index (χ0v) is 12.8. The predicted molar refractivity (Wildman–Crippen MR) is 82.5 cm³/mol. The van der Waals surface area contributed by atoms with Crippen LogP contribution in [0.3, 0.4) is 0 Å². The van der Waals surface area contributed by atoms with Gasteiger partial charge in [-0.05, 0) is 31.1 Å². The van der Waals surface area contributed by atoms with Gasteiger partial charge in [-0.25, -0.2) is 5.43 Å². The van der Waals surface area contributed by atoms with Crippen LogP contribution >= 0.6 is 0 Å². The number of allylic oxidation sites excluding steroid dienone is 6. The van der Waals surface area contributed by atoms with Crippen molar-refractivity contribution >= 4 is 0 Å². The summed E-state index contributed by atoms with van der Waals surface area (Å²) in [6.07, 6.45) is 7.82. The average Bonchev–Trinajstić information content (AvgIpc) is 2.42. The molecule has 0 radical (unpaired) electrons. The third kappa shape index (κ3) is 7.49. The van der Waals surface area contributed by atoms with Crippen molar-refractivity contribution in [2.75, 3.05) is 34.4 Å². The van der Waals surface area contributed by atoms with E-state index in [1.165, 1.54) is 5.57 Å². The highest BCUT2D eigenvalue weighted by molar-refractivity contribution is 5.42. The van der Waals surface area contributed by atoms with Crippen molar-refractivity contribution in [3.8, 4) is 0 Å². The number of hydrogen-bond acceptors (Lipinski definition) is 4. The van der Waals surface area contributed by atoms with Crippen LogP contribution in [0.4, 0.5) is 0 Å². The molecule has 0 amide bonds. The van der Waals surface area contributed by atoms with E-state index in [-0.39, 0.29) is 0 Å². The average molecular weight is 265 g/mol. The molecule has 2 N–H and O–H groups in total. The second kappa shape index (κ2) is 10.4. The van der Waals surface area contributed by atoms with Crippen LogP contribution in [0.5, 0.6) is 0 Å². The van der Waals surface area contributed by atoms with Gasteiger partial charge in [0.25, 0.3) is 0 Å². The Hall–Kier alpha value is -1.52. The van der Waals surface area contributed by atoms with Gasteiger partial charge in [0.1, 0.15) is 0 Å². The Morgan fingerprint density at radius 2 is 2.05 bits per heavy atom. The summed E-state index contributed by atoms with van der Waals surface area (Å²) in [6.45, 7) is 9.43. The van der Waals surface area contributed by atoms with Crippen molar-refractivity contribution in [3.05, 3.63) is 47.9 Å². The minimum absolute atomic E-state index is 0.698. The van der Waals surface area contributed by atoms with E-state index in [0.29, 0.717) is 6.61 Å². The van der Waals surface area contributed by atoms with Crippen LogP contribution in [0.25, 0.3) is 0 Å². The molecule has 0 rings (SSSR count). The molecule has 19 heavy (non-hydrogen) atoms. The molecule has 0 aliphatic heterocycles. The molecule has 0 saturated carbocycles. The lowest BCUT2D eigenvalue weighted by Gasteiger charge is -2.14. The molecule has 0 aromatic rings. The third-order valence-corrected chi connectivity index (χ3v) is 2.82. The van der Waals surface area contributed by atoms with E-state index >= 15 is 0 Å². The van der Waals surface area contributed by atoms with Crippen molar-refractivity contribution in [1.29, 1.82) is 0 Å². The Balaban J connectivity index is 4.87. The van der Waals surface area contributed by atoms with Gasteiger partial charge in [-0.2, -0.15) is 0 Å². The number of methoxy groups -OCH3 is 1. The molecular formula is C15H27N3O. The Kier molecular flexibility index (Phi) is 9.57. The molecule has 0 aromatic heterocycles. The first-order valence-corrected chi connectivity index (χ1v) is 6.38. The molecule has 0 bridgehead atoms. The SMILES string of the molecule is C=C/C=C(/C=C/N(C)NC)C(\C)=C(/C)NCCOC. The molecule has 0 spiro atoms. The van der Waals surface area contributed by atoms with Gasteiger partial charge in [-0.15, -0.1) is 0 Å². The van der Waals surface area contributed by atoms with Gasteiger partial charge in [-0.3, -0.25) is 0 Å². The van der Waals surface area contributed by atoms with Gasteiger partial charge in [0.2, 0.25) is 0 Å². The Labute approximate surface area is 117 Å². The van der Waals surface area contributed by atoms with Gasteiger partial charge in [0.05, 0.1) is 6.61 Å². The summed E-state index contributed by atoms with van der Waals surface area (Å²) in [5, 5.41) is 5.23. The first-order chi connectivity index (χ1) is 9.06. The zero-order valence-electron chi connectivity index (χ0n) is 12.8. The molecule has 0 saturated heterocycles. The van der Waals surface area contributed by atoms with E-state index in [9.17, 15) is 0 Å². The summed E-state index contributed by atoms with van der Waals surface area (Å²) in [6, 6.07) is 0. The van der Waals surface area contributed by atoms with E-state index < -0.39 is 0 Å². The van der Waals surface area contributed by atoms with Crippen LogP contribution in [-0.2, 0) is 4.74 Å². The Morgan fingerprint density at radius 1 is 1.37 bits per heavy atom. The maximum absolute atomic E-state index is 5.03. The van der Waals surface area contributed by atoms with Gasteiger partial charge in [0.15, 0.2) is 0 Å². The molecule has 0 fully saturated rings. The number of rotatable bonds is 9. The van der Waals surface area contributed by atoms with Gasteiger partial charge >= 0.3 is 0 Å². The van der Waals surface area contributed by atoms with Gasteiger partial charge in [0, 0.05) is 39.6 Å². The molecule has 0 atom stereocenters. The molecule has 0 aromatic carbocycles. The lowest BCUT2D eigenvalue weighted by atomic mass is 10.1. The first-order valence-electron chi connectivity index (χ1n) is 6.38. The molecule has 0 unspecified atom stereocenters. The van der Waals surface area contributed by atoms with Gasteiger partial charge in [-0.1, -0.05) is 18.7 Å². The van der Waals surface area contributed by atoms with Crippen LogP contribution in [0, 0.1) is 0 Å². The number of nitrogens with one attached hydrogen (secondary N) is 2. The van der Waals surface area contributed by atoms with Crippen molar-refractivity contribution in [3.63, 3.8) is 0 Å². The second-order valence-electron chi connectivity index (χ2n) is 4.18. The molecule has 0 aliphatic carbocycles. The van der Waals surface area contributed by atoms with Gasteiger partial charge < -0.3 is 15.1 Å². The molecule has 0 aliphatic rings. The van der Waals surface area contributed by atoms with Crippen molar-refractivity contribution in [1.82, 2.24) is 15.8 Å². The van der Waals surface area contributed by atoms with E-state index in [1.807, 2.05) is 31.4 Å². The lowest BCUT2D eigenvalue weighted by Crippen LogP contribution is -2.24. The fraction of sp³-hybridized carbons (Fsp3) is 0.467. The number of hydrogen-bond donors (Lipinski definition) is 2. The maximum Gasteiger partial charge on any atom is 0.0635 e. The highest BCUT2D eigenvalue weighted by Gasteiger charge is 2.01. The van der Waals surface area contributed by atoms with E-state index in [2.05, 4.69) is 37.2 Å². The van der Waals surface area contributed by atoms with Crippen LogP contribution in [0.2, 0.25) is 0 Å². The fourth-order valence-electron chi connectivity index (χ4n) is 1.39. The van der Waals surface area contributed by atoms with E-state index in [4.69, 9.17) is 4.74 Å². The van der Waals surface area contributed by atoms with Crippen molar-refractivity contribution in [2.45, 2.75) is 13.8 Å². The molecule has 4 heteroatoms. The number of nitrogens with zero attached hydrogens (tertiary/aromatic N) is 1. The Morgan fingerprint density at radius 3 is 2.58 bits per heavy atom. The molecule has 4 nitrogen and oxygen atoms in total. The van der Waals surface area contributed by atoms with Crippen molar-refractivity contribution in [2.24, 2.45) is 0 Å². The minimum Gasteiger partial charge on any atom is -0.386 e. The van der Waals surface area contributed by atoms with E-state index in [0.717, 1.165) is 17.8 Å². The molecule has 108 valence electrons. The minimum atomic E-state index is 0.698. The van der Waals surface area contributed by atoms with Crippen LogP contribution in [-0.4, -0.2) is 39.4 Å². The topological polar surface area (TPSA) is 36.5 Å². The molecular weight excluding hydrogens is 238 g/mol. The quantitative estimate of drug-likeness (QED) is 0.381. The number of hydrazine groups is 1. The first kappa shape index (κ1) is 17.5. The normalized spacial score (nSPS) is 13.4. The van der Waals surface area contributed by atoms with E-state index in [1.54, 1.807) is 13.2 Å². The summed E-state index contributed by atoms with van der Waals surface area (Å²) >= 11 is 0. The highest BCUT2D eigenvalue weighted by atomic mass is 16.5. The standard InChI is InChI=1S/C15H27N3O/c1-7-8-15(9-11-18(5)16-4)13(2)14(3)17-10-12-19-6/h7-9,11,16-17H,1,10,12H2,2-6H3/b11-9+,14-13+,15-8-. The fourth-order valence-corrected chi connectivity index (χ4v) is 1.39. The van der Waals surface area contributed by atoms with Crippen LogP contribution < -0.4 is 10.7 Å². The smallest absolute Gasteiger partial charge is 0.0635 e. The second-order valence-corrected chi connectivity index (χ2v) is 4.18. The highest BCUT2D eigenvalue weighted by Crippen LogP contribution is 2.14. The summed E-state index contributed by atoms with van der Waals surface area (Å²) in [7, 11) is 5.53. The third-order valence-electron chi connectivity index (χ3n) is 2.82. The maximum atomic E-state index is 5.03. The largest absolute Gasteiger partial charge is 0.386 e. The molecule has 0 heterocycles. The van der Waals surface area contributed by atoms with Crippen LogP contribution in [0.1, 0.15) is 13.8 Å². The predicted octanol–water partition coefficient (Wildman–Crippen LogP) is 2.21. The zero-order chi connectivity index (χ0) is 14.7. The summed E-state index contributed by atoms with van der Waals surface area (Å²) in [5.41, 5.74) is 6.47. The monoisotopic (exact) mass is 265 g/mol. The number of ether oxygens (including phenoxy) is 1. The summed E-state index contributed by atoms with van der Waals surface area (Å²) in [5.74, 6) is 0. The van der Waals surface area contributed by atoms with Crippen LogP contribution in [0.15, 0.2) is 47.9 Å². The Bertz CT molecular complexity index is 356. The van der Waals surface area contributed by atoms with Crippen molar-refractivity contribution < 1.29 is 4.74 Å².